The highest BCUT2D eigenvalue weighted by atomic mass is 32.1. The zero-order valence-electron chi connectivity index (χ0n) is 16.1. The summed E-state index contributed by atoms with van der Waals surface area (Å²) in [6.45, 7) is 7.41. The fourth-order valence-electron chi connectivity index (χ4n) is 3.16. The summed E-state index contributed by atoms with van der Waals surface area (Å²) < 4.78 is 0. The van der Waals surface area contributed by atoms with E-state index in [1.54, 1.807) is 12.1 Å². The molecule has 0 N–H and O–H groups in total. The molecule has 4 rings (SSSR count). The van der Waals surface area contributed by atoms with Crippen molar-refractivity contribution in [2.75, 3.05) is 4.90 Å². The van der Waals surface area contributed by atoms with E-state index in [1.165, 1.54) is 11.3 Å². The van der Waals surface area contributed by atoms with E-state index >= 15 is 0 Å². The molecule has 4 aromatic rings. The average Bonchev–Trinajstić information content (AvgIpc) is 3.35. The first-order valence-electron chi connectivity index (χ1n) is 9.44. The van der Waals surface area contributed by atoms with Crippen molar-refractivity contribution < 1.29 is 4.79 Å². The largest absolute Gasteiger partial charge is 0.311 e. The molecule has 0 saturated heterocycles. The van der Waals surface area contributed by atoms with Crippen molar-refractivity contribution in [1.29, 1.82) is 0 Å². The molecule has 3 nitrogen and oxygen atoms in total. The predicted octanol–water partition coefficient (Wildman–Crippen LogP) is 7.36. The lowest BCUT2D eigenvalue weighted by atomic mass is 10.1. The second-order valence-electron chi connectivity index (χ2n) is 6.55. The Morgan fingerprint density at radius 1 is 0.767 bits per heavy atom. The molecule has 0 fully saturated rings. The molecule has 0 unspecified atom stereocenters. The van der Waals surface area contributed by atoms with Crippen LogP contribution in [0.5, 0.6) is 0 Å². The molecule has 0 atom stereocenters. The standard InChI is InChI=1S/C26H18N2OS/c1-27-24(26(29)25-13-8-18-30-25)19-20-14-16-23(17-15-20)28(21-9-4-2-5-10-21)22-11-6-3-7-12-22/h2-19H/b24-19-. The second kappa shape index (κ2) is 9.04. The molecule has 1 aromatic heterocycles. The van der Waals surface area contributed by atoms with Crippen LogP contribution >= 0.6 is 11.3 Å². The number of benzene rings is 3. The highest BCUT2D eigenvalue weighted by Crippen LogP contribution is 2.34. The molecule has 0 amide bonds. The molecular weight excluding hydrogens is 388 g/mol. The van der Waals surface area contributed by atoms with Crippen LogP contribution in [0.25, 0.3) is 10.9 Å². The normalized spacial score (nSPS) is 11.0. The zero-order chi connectivity index (χ0) is 20.8. The zero-order valence-corrected chi connectivity index (χ0v) is 16.9. The average molecular weight is 407 g/mol. The minimum atomic E-state index is -0.237. The van der Waals surface area contributed by atoms with Crippen LogP contribution in [0, 0.1) is 6.57 Å². The molecule has 0 saturated carbocycles. The maximum absolute atomic E-state index is 12.5. The van der Waals surface area contributed by atoms with Crippen molar-refractivity contribution in [1.82, 2.24) is 0 Å². The van der Waals surface area contributed by atoms with Gasteiger partial charge in [0.2, 0.25) is 11.5 Å². The highest BCUT2D eigenvalue weighted by Gasteiger charge is 2.14. The Hall–Kier alpha value is -3.94. The molecular formula is C26H18N2OS. The first-order valence-corrected chi connectivity index (χ1v) is 10.3. The minimum Gasteiger partial charge on any atom is -0.311 e. The fraction of sp³-hybridized carbons (Fsp3) is 0. The van der Waals surface area contributed by atoms with Gasteiger partial charge in [-0.2, -0.15) is 0 Å². The number of para-hydroxylation sites is 2. The van der Waals surface area contributed by atoms with Crippen molar-refractivity contribution in [3.63, 3.8) is 0 Å². The lowest BCUT2D eigenvalue weighted by Gasteiger charge is -2.25. The summed E-state index contributed by atoms with van der Waals surface area (Å²) in [7, 11) is 0. The molecule has 0 bridgehead atoms. The maximum Gasteiger partial charge on any atom is 0.235 e. The molecule has 1 heterocycles. The van der Waals surface area contributed by atoms with Gasteiger partial charge in [-0.3, -0.25) is 0 Å². The maximum atomic E-state index is 12.5. The summed E-state index contributed by atoms with van der Waals surface area (Å²) in [5, 5.41) is 1.84. The predicted molar refractivity (Wildman–Crippen MR) is 124 cm³/mol. The van der Waals surface area contributed by atoms with Crippen molar-refractivity contribution in [3.05, 3.63) is 130 Å². The Labute approximate surface area is 180 Å². The summed E-state index contributed by atoms with van der Waals surface area (Å²) in [6, 6.07) is 31.7. The van der Waals surface area contributed by atoms with Gasteiger partial charge in [0, 0.05) is 17.1 Å². The summed E-state index contributed by atoms with van der Waals surface area (Å²) in [5.74, 6) is -0.237. The van der Waals surface area contributed by atoms with E-state index in [2.05, 4.69) is 34.0 Å². The van der Waals surface area contributed by atoms with Gasteiger partial charge in [-0.25, -0.2) is 4.85 Å². The molecule has 144 valence electrons. The van der Waals surface area contributed by atoms with E-state index in [-0.39, 0.29) is 11.5 Å². The molecule has 0 aliphatic heterocycles. The monoisotopic (exact) mass is 406 g/mol. The van der Waals surface area contributed by atoms with Crippen molar-refractivity contribution in [2.24, 2.45) is 0 Å². The molecule has 0 spiro atoms. The number of carbonyl (C=O) groups is 1. The summed E-state index contributed by atoms with van der Waals surface area (Å²) in [6.07, 6.45) is 1.65. The van der Waals surface area contributed by atoms with Crippen molar-refractivity contribution in [3.8, 4) is 0 Å². The molecule has 3 aromatic carbocycles. The third-order valence-electron chi connectivity index (χ3n) is 4.58. The first-order chi connectivity index (χ1) is 14.8. The van der Waals surface area contributed by atoms with Crippen molar-refractivity contribution in [2.45, 2.75) is 0 Å². The van der Waals surface area contributed by atoms with E-state index in [0.717, 1.165) is 22.6 Å². The van der Waals surface area contributed by atoms with Gasteiger partial charge >= 0.3 is 0 Å². The van der Waals surface area contributed by atoms with Gasteiger partial charge in [-0.15, -0.1) is 11.3 Å². The van der Waals surface area contributed by atoms with E-state index in [9.17, 15) is 4.79 Å². The van der Waals surface area contributed by atoms with Gasteiger partial charge in [-0.1, -0.05) is 54.6 Å². The van der Waals surface area contributed by atoms with E-state index < -0.39 is 0 Å². The van der Waals surface area contributed by atoms with Gasteiger partial charge in [0.15, 0.2) is 0 Å². The van der Waals surface area contributed by atoms with E-state index in [1.807, 2.05) is 72.1 Å². The SMILES string of the molecule is [C-]#[N+]/C(=C\c1ccc(N(c2ccccc2)c2ccccc2)cc1)C(=O)c1cccs1. The van der Waals surface area contributed by atoms with E-state index in [0.29, 0.717) is 4.88 Å². The lowest BCUT2D eigenvalue weighted by Crippen LogP contribution is -2.09. The Bertz CT molecular complexity index is 1150. The highest BCUT2D eigenvalue weighted by molar-refractivity contribution is 7.12. The van der Waals surface area contributed by atoms with Crippen LogP contribution in [-0.2, 0) is 0 Å². The molecule has 0 aliphatic carbocycles. The lowest BCUT2D eigenvalue weighted by molar-refractivity contribution is 0.104. The number of carbonyl (C=O) groups excluding carboxylic acids is 1. The fourth-order valence-corrected chi connectivity index (χ4v) is 3.83. The van der Waals surface area contributed by atoms with Crippen LogP contribution in [0.1, 0.15) is 15.2 Å². The topological polar surface area (TPSA) is 24.7 Å². The van der Waals surface area contributed by atoms with Crippen LogP contribution in [0.4, 0.5) is 17.1 Å². The number of hydrogen-bond acceptors (Lipinski definition) is 3. The van der Waals surface area contributed by atoms with Gasteiger partial charge in [0.05, 0.1) is 11.4 Å². The summed E-state index contributed by atoms with van der Waals surface area (Å²) >= 11 is 1.35. The van der Waals surface area contributed by atoms with Crippen LogP contribution < -0.4 is 4.90 Å². The van der Waals surface area contributed by atoms with Crippen LogP contribution in [0.2, 0.25) is 0 Å². The Morgan fingerprint density at radius 2 is 1.33 bits per heavy atom. The Morgan fingerprint density at radius 3 is 1.83 bits per heavy atom. The Kier molecular flexibility index (Phi) is 5.84. The number of Topliss-reactive ketones (excluding diaryl/α,β-unsaturated/α-hetero) is 1. The molecule has 0 aliphatic rings. The third kappa shape index (κ3) is 4.22. The number of hydrogen-bond donors (Lipinski definition) is 0. The van der Waals surface area contributed by atoms with Gasteiger partial charge in [-0.05, 0) is 59.5 Å². The summed E-state index contributed by atoms with van der Waals surface area (Å²) in [5.41, 5.74) is 4.05. The van der Waals surface area contributed by atoms with Crippen LogP contribution in [-0.4, -0.2) is 5.78 Å². The minimum absolute atomic E-state index is 0.119. The molecule has 30 heavy (non-hydrogen) atoms. The van der Waals surface area contributed by atoms with Gasteiger partial charge in [0.1, 0.15) is 0 Å². The van der Waals surface area contributed by atoms with Crippen molar-refractivity contribution >= 4 is 40.3 Å². The number of nitrogens with zero attached hydrogens (tertiary/aromatic N) is 2. The first kappa shape index (κ1) is 19.4. The number of allylic oxidation sites excluding steroid dienone is 1. The summed E-state index contributed by atoms with van der Waals surface area (Å²) in [4.78, 5) is 18.7. The number of rotatable bonds is 6. The Balaban J connectivity index is 1.67. The molecule has 0 radical (unpaired) electrons. The second-order valence-corrected chi connectivity index (χ2v) is 7.49. The smallest absolute Gasteiger partial charge is 0.235 e. The number of anilines is 3. The van der Waals surface area contributed by atoms with E-state index in [4.69, 9.17) is 6.57 Å². The van der Waals surface area contributed by atoms with Crippen LogP contribution in [0.3, 0.4) is 0 Å². The molecule has 4 heteroatoms. The number of thiophene rings is 1. The van der Waals surface area contributed by atoms with Gasteiger partial charge in [0.25, 0.3) is 0 Å². The quantitative estimate of drug-likeness (QED) is 0.190. The van der Waals surface area contributed by atoms with Crippen LogP contribution in [0.15, 0.2) is 108 Å². The van der Waals surface area contributed by atoms with Gasteiger partial charge < -0.3 is 9.69 Å². The third-order valence-corrected chi connectivity index (χ3v) is 5.45. The number of ketones is 1.